The molecule has 1 N–H and O–H groups in total. The zero-order valence-electron chi connectivity index (χ0n) is 19.6. The maximum absolute atomic E-state index is 10.4. The van der Waals surface area contributed by atoms with Gasteiger partial charge in [-0.1, -0.05) is 0 Å². The van der Waals surface area contributed by atoms with Crippen LogP contribution in [0.4, 0.5) is 0 Å². The van der Waals surface area contributed by atoms with Gasteiger partial charge >= 0.3 is 17.9 Å². The average Bonchev–Trinajstić information content (AvgIpc) is 2.55. The van der Waals surface area contributed by atoms with E-state index in [0.717, 1.165) is 0 Å². The van der Waals surface area contributed by atoms with Gasteiger partial charge in [-0.15, -0.1) is 0 Å². The molecule has 0 aromatic carbocycles. The van der Waals surface area contributed by atoms with Crippen LogP contribution in [0, 0.1) is 0 Å². The Hall–Kier alpha value is -1.74. The standard InChI is InChI=1S/3C6H10O3.C2H6O.Zr/c3*1-3-9-6(8)4-5(2)7;1-2-3;/h3*3-4H2,1-2H3;3H,2H2,1H3;. The third-order valence-corrected chi connectivity index (χ3v) is 2.10. The van der Waals surface area contributed by atoms with Crippen LogP contribution in [0.5, 0.6) is 0 Å². The van der Waals surface area contributed by atoms with Crippen molar-refractivity contribution in [1.82, 2.24) is 0 Å². The second kappa shape index (κ2) is 30.5. The number of esters is 3. The Morgan fingerprint density at radius 2 is 0.710 bits per heavy atom. The van der Waals surface area contributed by atoms with Crippen molar-refractivity contribution in [2.45, 2.75) is 67.7 Å². The second-order valence-electron chi connectivity index (χ2n) is 5.37. The van der Waals surface area contributed by atoms with E-state index in [9.17, 15) is 28.8 Å². The summed E-state index contributed by atoms with van der Waals surface area (Å²) in [5.41, 5.74) is 0. The molecule has 0 aliphatic rings. The monoisotopic (exact) mass is 526 g/mol. The fourth-order valence-corrected chi connectivity index (χ4v) is 1.25. The van der Waals surface area contributed by atoms with E-state index in [1.54, 1.807) is 27.7 Å². The van der Waals surface area contributed by atoms with E-state index in [1.165, 1.54) is 20.8 Å². The predicted molar refractivity (Wildman–Crippen MR) is 109 cm³/mol. The molecule has 0 radical (unpaired) electrons. The van der Waals surface area contributed by atoms with Gasteiger partial charge in [0.2, 0.25) is 0 Å². The summed E-state index contributed by atoms with van der Waals surface area (Å²) in [7, 11) is 0. The fraction of sp³-hybridized carbons (Fsp3) is 0.700. The molecule has 0 spiro atoms. The van der Waals surface area contributed by atoms with E-state index in [-0.39, 0.29) is 69.4 Å². The molecule has 0 heterocycles. The maximum atomic E-state index is 10.4. The summed E-state index contributed by atoms with van der Waals surface area (Å²) in [4.78, 5) is 61.9. The van der Waals surface area contributed by atoms with E-state index in [2.05, 4.69) is 14.2 Å². The molecule has 10 nitrogen and oxygen atoms in total. The van der Waals surface area contributed by atoms with Crippen molar-refractivity contribution < 1.29 is 74.3 Å². The molecule has 0 aromatic heterocycles. The molecule has 0 aromatic rings. The molecule has 31 heavy (non-hydrogen) atoms. The van der Waals surface area contributed by atoms with E-state index in [4.69, 9.17) is 5.11 Å². The fourth-order valence-electron chi connectivity index (χ4n) is 1.25. The van der Waals surface area contributed by atoms with Gasteiger partial charge in [0.25, 0.3) is 0 Å². The van der Waals surface area contributed by atoms with Crippen LogP contribution in [0.25, 0.3) is 0 Å². The number of hydrogen-bond acceptors (Lipinski definition) is 10. The van der Waals surface area contributed by atoms with Crippen LogP contribution in [0.1, 0.15) is 67.7 Å². The van der Waals surface area contributed by atoms with Crippen molar-refractivity contribution >= 4 is 35.3 Å². The first-order valence-electron chi connectivity index (χ1n) is 9.47. The Labute approximate surface area is 203 Å². The van der Waals surface area contributed by atoms with Gasteiger partial charge in [0.05, 0.1) is 19.8 Å². The number of carbonyl (C=O) groups excluding carboxylic acids is 6. The summed E-state index contributed by atoms with van der Waals surface area (Å²) in [5, 5.41) is 7.57. The number of carbonyl (C=O) groups is 6. The summed E-state index contributed by atoms with van der Waals surface area (Å²) in [6.07, 6.45) is -0.310. The van der Waals surface area contributed by atoms with Gasteiger partial charge in [0.1, 0.15) is 36.6 Å². The first-order valence-corrected chi connectivity index (χ1v) is 9.47. The smallest absolute Gasteiger partial charge is 0.313 e. The number of rotatable bonds is 9. The molecule has 0 unspecified atom stereocenters. The van der Waals surface area contributed by atoms with Crippen molar-refractivity contribution in [3.63, 3.8) is 0 Å². The van der Waals surface area contributed by atoms with E-state index in [0.29, 0.717) is 19.8 Å². The summed E-state index contributed by atoms with van der Waals surface area (Å²) in [6.45, 7) is 12.1. The van der Waals surface area contributed by atoms with Gasteiger partial charge in [0, 0.05) is 32.8 Å². The Balaban J connectivity index is -0.000000101. The molecule has 0 atom stereocenters. The van der Waals surface area contributed by atoms with Crippen molar-refractivity contribution in [3.05, 3.63) is 0 Å². The zero-order valence-corrected chi connectivity index (χ0v) is 22.0. The molecule has 0 bridgehead atoms. The molecule has 11 heteroatoms. The number of ketones is 3. The summed E-state index contributed by atoms with van der Waals surface area (Å²) < 4.78 is 13.5. The van der Waals surface area contributed by atoms with Gasteiger partial charge < -0.3 is 19.3 Å². The van der Waals surface area contributed by atoms with Crippen LogP contribution >= 0.6 is 0 Å². The Morgan fingerprint density at radius 1 is 0.548 bits per heavy atom. The molecule has 0 saturated carbocycles. The molecule has 0 aliphatic carbocycles. The van der Waals surface area contributed by atoms with Crippen LogP contribution in [-0.4, -0.2) is 66.8 Å². The molecule has 180 valence electrons. The number of hydrogen-bond donors (Lipinski definition) is 1. The third kappa shape index (κ3) is 52.5. The largest absolute Gasteiger partial charge is 0.466 e. The van der Waals surface area contributed by atoms with Gasteiger partial charge in [-0.25, -0.2) is 0 Å². The second-order valence-corrected chi connectivity index (χ2v) is 5.37. The van der Waals surface area contributed by atoms with Crippen LogP contribution in [0.2, 0.25) is 0 Å². The van der Waals surface area contributed by atoms with E-state index >= 15 is 0 Å². The molecule has 0 fully saturated rings. The Morgan fingerprint density at radius 3 is 0.806 bits per heavy atom. The van der Waals surface area contributed by atoms with Gasteiger partial charge in [-0.2, -0.15) is 0 Å². The minimum Gasteiger partial charge on any atom is -0.466 e. The summed E-state index contributed by atoms with van der Waals surface area (Å²) in [6, 6.07) is 0. The van der Waals surface area contributed by atoms with Crippen molar-refractivity contribution in [2.75, 3.05) is 26.4 Å². The maximum Gasteiger partial charge on any atom is 0.313 e. The zero-order chi connectivity index (χ0) is 24.5. The first kappa shape index (κ1) is 39.7. The van der Waals surface area contributed by atoms with Crippen LogP contribution in [-0.2, 0) is 69.2 Å². The number of ether oxygens (including phenoxy) is 3. The number of aliphatic hydroxyl groups is 1. The van der Waals surface area contributed by atoms with Gasteiger partial charge in [-0.3, -0.25) is 28.8 Å². The normalized spacial score (nSPS) is 8.13. The minimum atomic E-state index is -0.440. The number of Topliss-reactive ketones (excluding diaryl/α,β-unsaturated/α-hetero) is 3. The minimum absolute atomic E-state index is 0. The SMILES string of the molecule is CCO.CCOC(=O)CC(C)=O.CCOC(=O)CC(C)=O.CCOC(=O)CC(C)=O.[Zr]. The van der Waals surface area contributed by atoms with Crippen molar-refractivity contribution in [1.29, 1.82) is 0 Å². The van der Waals surface area contributed by atoms with Gasteiger partial charge in [0.15, 0.2) is 0 Å². The van der Waals surface area contributed by atoms with E-state index < -0.39 is 17.9 Å². The molecule has 0 amide bonds. The van der Waals surface area contributed by atoms with E-state index in [1.807, 2.05) is 0 Å². The predicted octanol–water partition coefficient (Wildman–Crippen LogP) is 1.58. The average molecular weight is 528 g/mol. The summed E-state index contributed by atoms with van der Waals surface area (Å²) in [5.74, 6) is -1.80. The molecule has 0 aliphatic heterocycles. The quantitative estimate of drug-likeness (QED) is 0.266. The first-order chi connectivity index (χ1) is 13.9. The summed E-state index contributed by atoms with van der Waals surface area (Å²) >= 11 is 0. The molecular formula is C20H36O10Zr. The molecule has 0 saturated heterocycles. The Kier molecular flexibility index (Phi) is 39.0. The molecule has 0 rings (SSSR count). The van der Waals surface area contributed by atoms with Gasteiger partial charge in [-0.05, 0) is 48.5 Å². The third-order valence-electron chi connectivity index (χ3n) is 2.10. The number of aliphatic hydroxyl groups excluding tert-OH is 1. The topological polar surface area (TPSA) is 150 Å². The Bertz CT molecular complexity index is 447. The van der Waals surface area contributed by atoms with Crippen LogP contribution in [0.15, 0.2) is 0 Å². The van der Waals surface area contributed by atoms with Crippen LogP contribution < -0.4 is 0 Å². The van der Waals surface area contributed by atoms with Crippen LogP contribution in [0.3, 0.4) is 0 Å². The van der Waals surface area contributed by atoms with Crippen molar-refractivity contribution in [3.8, 4) is 0 Å². The molecular weight excluding hydrogens is 491 g/mol. The van der Waals surface area contributed by atoms with Crippen molar-refractivity contribution in [2.24, 2.45) is 0 Å².